The summed E-state index contributed by atoms with van der Waals surface area (Å²) in [4.78, 5) is 4.84. The summed E-state index contributed by atoms with van der Waals surface area (Å²) < 4.78 is 2.40. The normalized spacial score (nSPS) is 11.8. The average molecular weight is 709 g/mol. The highest BCUT2D eigenvalue weighted by Gasteiger charge is 2.43. The highest BCUT2D eigenvalue weighted by Crippen LogP contribution is 2.30. The van der Waals surface area contributed by atoms with Crippen LogP contribution in [0.25, 0.3) is 56.3 Å². The van der Waals surface area contributed by atoms with Crippen LogP contribution in [0.2, 0.25) is 0 Å². The fraction of sp³-hybridized carbons (Fsp3) is 0.0392. The molecule has 7 aromatic carbocycles. The maximum absolute atomic E-state index is 4.84. The molecule has 0 aliphatic heterocycles. The molecule has 54 heavy (non-hydrogen) atoms. The van der Waals surface area contributed by atoms with Crippen LogP contribution in [0.1, 0.15) is 18.1 Å². The van der Waals surface area contributed by atoms with Crippen molar-refractivity contribution in [3.05, 3.63) is 211 Å². The SMILES string of the molecule is CCn1c2ccccc2c2cc(C=Cc3ccc(-c4ccc([Si](c5ccccc5)(c5ccccc5)c5ccccc5-c5ccccn5)cc4)cc3)ccc21. The Bertz CT molecular complexity index is 2670. The number of pyridine rings is 1. The van der Waals surface area contributed by atoms with E-state index < -0.39 is 8.07 Å². The fourth-order valence-electron chi connectivity index (χ4n) is 8.31. The first-order valence-corrected chi connectivity index (χ1v) is 20.8. The number of aromatic nitrogens is 2. The van der Waals surface area contributed by atoms with Crippen molar-refractivity contribution >= 4 is 62.8 Å². The Morgan fingerprint density at radius 1 is 0.481 bits per heavy atom. The number of fused-ring (bicyclic) bond motifs is 3. The van der Waals surface area contributed by atoms with Gasteiger partial charge < -0.3 is 4.57 Å². The van der Waals surface area contributed by atoms with Gasteiger partial charge in [0, 0.05) is 40.1 Å². The minimum atomic E-state index is -2.79. The zero-order valence-corrected chi connectivity index (χ0v) is 31.3. The van der Waals surface area contributed by atoms with Crippen molar-refractivity contribution in [2.45, 2.75) is 13.5 Å². The van der Waals surface area contributed by atoms with Crippen LogP contribution >= 0.6 is 0 Å². The number of benzene rings is 7. The summed E-state index contributed by atoms with van der Waals surface area (Å²) in [6.07, 6.45) is 6.33. The predicted molar refractivity (Wildman–Crippen MR) is 233 cm³/mol. The number of hydrogen-bond donors (Lipinski definition) is 0. The Morgan fingerprint density at radius 3 is 1.72 bits per heavy atom. The van der Waals surface area contributed by atoms with Gasteiger partial charge in [-0.05, 0) is 80.3 Å². The molecule has 0 radical (unpaired) electrons. The van der Waals surface area contributed by atoms with E-state index in [9.17, 15) is 0 Å². The maximum atomic E-state index is 4.84. The molecular formula is C51H40N2Si. The van der Waals surface area contributed by atoms with Gasteiger partial charge in [-0.2, -0.15) is 0 Å². The van der Waals surface area contributed by atoms with Crippen LogP contribution in [0.4, 0.5) is 0 Å². The summed E-state index contributed by atoms with van der Waals surface area (Å²) >= 11 is 0. The van der Waals surface area contributed by atoms with Crippen LogP contribution in [0.3, 0.4) is 0 Å². The molecule has 0 aliphatic carbocycles. The third kappa shape index (κ3) is 5.89. The molecule has 0 bridgehead atoms. The lowest BCUT2D eigenvalue weighted by molar-refractivity contribution is 0.827. The zero-order valence-electron chi connectivity index (χ0n) is 30.3. The topological polar surface area (TPSA) is 17.8 Å². The van der Waals surface area contributed by atoms with Gasteiger partial charge in [0.05, 0.1) is 5.69 Å². The van der Waals surface area contributed by atoms with Crippen LogP contribution < -0.4 is 20.7 Å². The van der Waals surface area contributed by atoms with Crippen molar-refractivity contribution in [1.82, 2.24) is 9.55 Å². The largest absolute Gasteiger partial charge is 0.341 e. The highest BCUT2D eigenvalue weighted by atomic mass is 28.3. The van der Waals surface area contributed by atoms with Crippen molar-refractivity contribution in [1.29, 1.82) is 0 Å². The van der Waals surface area contributed by atoms with Gasteiger partial charge >= 0.3 is 0 Å². The lowest BCUT2D eigenvalue weighted by Gasteiger charge is -2.36. The number of nitrogens with zero attached hydrogens (tertiary/aromatic N) is 2. The Balaban J connectivity index is 1.08. The summed E-state index contributed by atoms with van der Waals surface area (Å²) in [6.45, 7) is 3.17. The molecule has 2 nitrogen and oxygen atoms in total. The Hall–Kier alpha value is -6.55. The first-order valence-electron chi connectivity index (χ1n) is 18.8. The maximum Gasteiger partial charge on any atom is 0.180 e. The third-order valence-corrected chi connectivity index (χ3v) is 15.7. The van der Waals surface area contributed by atoms with Crippen molar-refractivity contribution in [2.24, 2.45) is 0 Å². The molecule has 0 amide bonds. The lowest BCUT2D eigenvalue weighted by Crippen LogP contribution is -2.75. The van der Waals surface area contributed by atoms with Crippen LogP contribution in [0, 0.1) is 0 Å². The smallest absolute Gasteiger partial charge is 0.180 e. The highest BCUT2D eigenvalue weighted by molar-refractivity contribution is 7.20. The Labute approximate surface area is 318 Å². The molecule has 2 aromatic heterocycles. The first kappa shape index (κ1) is 33.3. The van der Waals surface area contributed by atoms with Crippen LogP contribution in [-0.2, 0) is 6.54 Å². The number of hydrogen-bond acceptors (Lipinski definition) is 1. The monoisotopic (exact) mass is 708 g/mol. The predicted octanol–water partition coefficient (Wildman–Crippen LogP) is 10.1. The standard InChI is InChI=1S/C51H40N2Si/c1-2-53-49-22-11-9-19-45(49)47-37-39(28-35-50(47)53)25-24-38-26-29-40(30-27-38)41-31-33-44(34-32-41)54(42-15-5-3-6-16-42,43-17-7-4-8-18-43)51-23-12-10-20-46(51)48-21-13-14-36-52-48/h3-37H,2H2,1H3. The van der Waals surface area contributed by atoms with Gasteiger partial charge in [-0.25, -0.2) is 0 Å². The van der Waals surface area contributed by atoms with Crippen LogP contribution in [0.15, 0.2) is 200 Å². The van der Waals surface area contributed by atoms with Crippen molar-refractivity contribution in [3.63, 3.8) is 0 Å². The van der Waals surface area contributed by atoms with E-state index in [1.54, 1.807) is 0 Å². The molecule has 0 N–H and O–H groups in total. The first-order chi connectivity index (χ1) is 26.7. The van der Waals surface area contributed by atoms with Gasteiger partial charge in [-0.1, -0.05) is 176 Å². The summed E-state index contributed by atoms with van der Waals surface area (Å²) in [5.74, 6) is 0. The van der Waals surface area contributed by atoms with E-state index in [-0.39, 0.29) is 0 Å². The molecule has 0 aliphatic rings. The van der Waals surface area contributed by atoms with Crippen molar-refractivity contribution < 1.29 is 0 Å². The van der Waals surface area contributed by atoms with E-state index in [2.05, 4.69) is 212 Å². The minimum absolute atomic E-state index is 0.955. The summed E-state index contributed by atoms with van der Waals surface area (Å²) in [6, 6.07) is 71.1. The second-order valence-corrected chi connectivity index (χ2v) is 17.6. The molecular weight excluding hydrogens is 669 g/mol. The Kier molecular flexibility index (Phi) is 8.92. The van der Waals surface area contributed by atoms with E-state index in [1.165, 1.54) is 70.4 Å². The van der Waals surface area contributed by atoms with E-state index in [4.69, 9.17) is 4.98 Å². The lowest BCUT2D eigenvalue weighted by atomic mass is 10.0. The van der Waals surface area contributed by atoms with Gasteiger partial charge in [0.1, 0.15) is 0 Å². The Morgan fingerprint density at radius 2 is 1.04 bits per heavy atom. The molecule has 2 heterocycles. The average Bonchev–Trinajstić information content (AvgIpc) is 3.58. The molecule has 3 heteroatoms. The van der Waals surface area contributed by atoms with Crippen LogP contribution in [-0.4, -0.2) is 17.6 Å². The van der Waals surface area contributed by atoms with Gasteiger partial charge in [0.25, 0.3) is 0 Å². The summed E-state index contributed by atoms with van der Waals surface area (Å²) in [5, 5.41) is 7.98. The van der Waals surface area contributed by atoms with E-state index in [1.807, 2.05) is 12.3 Å². The zero-order chi connectivity index (χ0) is 36.3. The molecule has 0 spiro atoms. The summed E-state index contributed by atoms with van der Waals surface area (Å²) in [5.41, 5.74) is 9.54. The van der Waals surface area contributed by atoms with E-state index >= 15 is 0 Å². The van der Waals surface area contributed by atoms with Crippen molar-refractivity contribution in [2.75, 3.05) is 0 Å². The molecule has 9 aromatic rings. The van der Waals surface area contributed by atoms with Gasteiger partial charge in [-0.15, -0.1) is 0 Å². The molecule has 0 saturated heterocycles. The van der Waals surface area contributed by atoms with E-state index in [0.29, 0.717) is 0 Å². The number of para-hydroxylation sites is 1. The summed E-state index contributed by atoms with van der Waals surface area (Å²) in [7, 11) is -2.79. The van der Waals surface area contributed by atoms with E-state index in [0.717, 1.165) is 12.2 Å². The van der Waals surface area contributed by atoms with Gasteiger partial charge in [0.15, 0.2) is 8.07 Å². The molecule has 0 fully saturated rings. The molecule has 0 unspecified atom stereocenters. The number of aryl methyl sites for hydroxylation is 1. The minimum Gasteiger partial charge on any atom is -0.341 e. The molecule has 0 saturated carbocycles. The quantitative estimate of drug-likeness (QED) is 0.0830. The van der Waals surface area contributed by atoms with Gasteiger partial charge in [-0.3, -0.25) is 4.98 Å². The third-order valence-electron chi connectivity index (χ3n) is 10.8. The molecule has 9 rings (SSSR count). The second-order valence-electron chi connectivity index (χ2n) is 13.8. The molecule has 0 atom stereocenters. The fourth-order valence-corrected chi connectivity index (χ4v) is 13.3. The van der Waals surface area contributed by atoms with Crippen LogP contribution in [0.5, 0.6) is 0 Å². The molecule has 258 valence electrons. The van der Waals surface area contributed by atoms with Crippen molar-refractivity contribution in [3.8, 4) is 22.4 Å². The second kappa shape index (κ2) is 14.5. The number of rotatable bonds is 9. The van der Waals surface area contributed by atoms with Gasteiger partial charge in [0.2, 0.25) is 0 Å².